The summed E-state index contributed by atoms with van der Waals surface area (Å²) in [6.45, 7) is 6.28. The molecule has 1 aromatic rings. The Hall–Kier alpha value is -1.62. The Bertz CT molecular complexity index is 631. The first kappa shape index (κ1) is 16.2. The Morgan fingerprint density at radius 2 is 2.13 bits per heavy atom. The van der Waals surface area contributed by atoms with Crippen molar-refractivity contribution in [1.82, 2.24) is 4.90 Å². The second-order valence-corrected chi connectivity index (χ2v) is 7.47. The first-order valence-corrected chi connectivity index (χ1v) is 7.96. The molecule has 2 fully saturated rings. The molecule has 0 bridgehead atoms. The van der Waals surface area contributed by atoms with E-state index in [1.165, 1.54) is 14.2 Å². The molecule has 1 saturated heterocycles. The lowest BCUT2D eigenvalue weighted by atomic mass is 9.48. The molecule has 0 unspecified atom stereocenters. The second-order valence-electron chi connectivity index (χ2n) is 7.47. The molecule has 0 amide bonds. The summed E-state index contributed by atoms with van der Waals surface area (Å²) in [5.74, 6) is 0.0693. The summed E-state index contributed by atoms with van der Waals surface area (Å²) >= 11 is 0. The first-order valence-electron chi connectivity index (χ1n) is 7.96. The van der Waals surface area contributed by atoms with Gasteiger partial charge in [0.05, 0.1) is 19.6 Å². The number of likely N-dealkylation sites (tertiary alicyclic amines) is 1. The highest BCUT2D eigenvalue weighted by Gasteiger charge is 2.67. The van der Waals surface area contributed by atoms with Gasteiger partial charge in [0, 0.05) is 25.2 Å². The third-order valence-electron chi connectivity index (χ3n) is 5.58. The number of nitrogens with zero attached hydrogens (tertiary/aromatic N) is 1. The SMILES string of the molecule is COC(=O)[C@@]12CN(Cc3cccc(OC)c3F)C[C@@H]1C(C)(C)C2. The molecular formula is C18H24FNO3. The lowest BCUT2D eigenvalue weighted by Crippen LogP contribution is -2.57. The summed E-state index contributed by atoms with van der Waals surface area (Å²) in [5.41, 5.74) is 0.298. The van der Waals surface area contributed by atoms with Gasteiger partial charge in [-0.25, -0.2) is 4.39 Å². The van der Waals surface area contributed by atoms with E-state index in [0.29, 0.717) is 18.7 Å². The highest BCUT2D eigenvalue weighted by Crippen LogP contribution is 2.63. The van der Waals surface area contributed by atoms with Gasteiger partial charge >= 0.3 is 5.97 Å². The van der Waals surface area contributed by atoms with E-state index in [1.807, 2.05) is 0 Å². The number of rotatable bonds is 4. The van der Waals surface area contributed by atoms with Crippen molar-refractivity contribution >= 4 is 5.97 Å². The van der Waals surface area contributed by atoms with Crippen LogP contribution in [-0.2, 0) is 16.1 Å². The zero-order chi connectivity index (χ0) is 16.8. The minimum atomic E-state index is -0.423. The van der Waals surface area contributed by atoms with Crippen LogP contribution < -0.4 is 4.74 Å². The first-order chi connectivity index (χ1) is 10.8. The maximum atomic E-state index is 14.4. The molecule has 1 aromatic carbocycles. The van der Waals surface area contributed by atoms with E-state index in [9.17, 15) is 9.18 Å². The van der Waals surface area contributed by atoms with E-state index in [2.05, 4.69) is 18.7 Å². The van der Waals surface area contributed by atoms with Crippen molar-refractivity contribution in [2.75, 3.05) is 27.3 Å². The average molecular weight is 321 g/mol. The normalized spacial score (nSPS) is 28.8. The van der Waals surface area contributed by atoms with Crippen molar-refractivity contribution in [2.45, 2.75) is 26.8 Å². The van der Waals surface area contributed by atoms with Gasteiger partial charge in [0.1, 0.15) is 0 Å². The molecule has 4 nitrogen and oxygen atoms in total. The van der Waals surface area contributed by atoms with Crippen LogP contribution in [0.15, 0.2) is 18.2 Å². The molecule has 0 N–H and O–H groups in total. The van der Waals surface area contributed by atoms with Gasteiger partial charge in [-0.3, -0.25) is 9.69 Å². The van der Waals surface area contributed by atoms with Crippen LogP contribution in [0, 0.1) is 22.6 Å². The third kappa shape index (κ3) is 2.42. The Labute approximate surface area is 136 Å². The lowest BCUT2D eigenvalue weighted by molar-refractivity contribution is -0.174. The summed E-state index contributed by atoms with van der Waals surface area (Å²) < 4.78 is 24.5. The third-order valence-corrected chi connectivity index (χ3v) is 5.58. The van der Waals surface area contributed by atoms with Crippen LogP contribution in [0.4, 0.5) is 4.39 Å². The number of hydrogen-bond acceptors (Lipinski definition) is 4. The van der Waals surface area contributed by atoms with Crippen LogP contribution in [0.2, 0.25) is 0 Å². The van der Waals surface area contributed by atoms with Gasteiger partial charge in [0.25, 0.3) is 0 Å². The van der Waals surface area contributed by atoms with E-state index in [4.69, 9.17) is 9.47 Å². The van der Waals surface area contributed by atoms with Crippen molar-refractivity contribution < 1.29 is 18.7 Å². The summed E-state index contributed by atoms with van der Waals surface area (Å²) in [7, 11) is 2.91. The standard InChI is InChI=1S/C18H24FNO3/c1-17(2)10-18(16(21)23-4)11-20(9-14(17)18)8-12-6-5-7-13(22-3)15(12)19/h5-7,14H,8-11H2,1-4H3/t14-,18+/m1/s1. The number of methoxy groups -OCH3 is 2. The molecule has 0 spiro atoms. The molecule has 2 aliphatic rings. The largest absolute Gasteiger partial charge is 0.494 e. The Balaban J connectivity index is 1.81. The van der Waals surface area contributed by atoms with E-state index < -0.39 is 5.41 Å². The molecule has 1 saturated carbocycles. The fourth-order valence-corrected chi connectivity index (χ4v) is 4.67. The van der Waals surface area contributed by atoms with Crippen molar-refractivity contribution in [3.63, 3.8) is 0 Å². The monoisotopic (exact) mass is 321 g/mol. The van der Waals surface area contributed by atoms with Gasteiger partial charge in [0.15, 0.2) is 11.6 Å². The zero-order valence-electron chi connectivity index (χ0n) is 14.2. The highest BCUT2D eigenvalue weighted by molar-refractivity contribution is 5.80. The number of halogens is 1. The van der Waals surface area contributed by atoms with Crippen molar-refractivity contribution in [3.8, 4) is 5.75 Å². The second kappa shape index (κ2) is 5.48. The average Bonchev–Trinajstić information content (AvgIpc) is 2.83. The van der Waals surface area contributed by atoms with Gasteiger partial charge in [-0.1, -0.05) is 26.0 Å². The van der Waals surface area contributed by atoms with Crippen LogP contribution in [-0.4, -0.2) is 38.2 Å². The molecule has 5 heteroatoms. The molecular weight excluding hydrogens is 297 g/mol. The van der Waals surface area contributed by atoms with E-state index in [1.54, 1.807) is 18.2 Å². The predicted molar refractivity (Wildman–Crippen MR) is 84.6 cm³/mol. The highest BCUT2D eigenvalue weighted by atomic mass is 19.1. The van der Waals surface area contributed by atoms with Crippen molar-refractivity contribution in [3.05, 3.63) is 29.6 Å². The molecule has 23 heavy (non-hydrogen) atoms. The number of esters is 1. The Morgan fingerprint density at radius 3 is 2.74 bits per heavy atom. The Morgan fingerprint density at radius 1 is 1.39 bits per heavy atom. The van der Waals surface area contributed by atoms with Crippen molar-refractivity contribution in [2.24, 2.45) is 16.7 Å². The van der Waals surface area contributed by atoms with Crippen LogP contribution in [0.3, 0.4) is 0 Å². The number of carbonyl (C=O) groups is 1. The van der Waals surface area contributed by atoms with Crippen LogP contribution in [0.1, 0.15) is 25.8 Å². The lowest BCUT2D eigenvalue weighted by Gasteiger charge is -2.54. The van der Waals surface area contributed by atoms with Crippen molar-refractivity contribution in [1.29, 1.82) is 0 Å². The number of carbonyl (C=O) groups excluding carboxylic acids is 1. The number of fused-ring (bicyclic) bond motifs is 1. The van der Waals surface area contributed by atoms with Gasteiger partial charge in [0.2, 0.25) is 0 Å². The topological polar surface area (TPSA) is 38.8 Å². The minimum absolute atomic E-state index is 0.121. The molecule has 2 atom stereocenters. The maximum Gasteiger partial charge on any atom is 0.313 e. The fraction of sp³-hybridized carbons (Fsp3) is 0.611. The Kier molecular flexibility index (Phi) is 3.87. The van der Waals surface area contributed by atoms with Crippen LogP contribution in [0.25, 0.3) is 0 Å². The quantitative estimate of drug-likeness (QED) is 0.800. The van der Waals surface area contributed by atoms with Gasteiger partial charge in [-0.2, -0.15) is 0 Å². The molecule has 1 heterocycles. The molecule has 0 aromatic heterocycles. The summed E-state index contributed by atoms with van der Waals surface area (Å²) in [5, 5.41) is 0. The number of benzene rings is 1. The van der Waals surface area contributed by atoms with E-state index in [-0.39, 0.29) is 28.9 Å². The van der Waals surface area contributed by atoms with Crippen LogP contribution >= 0.6 is 0 Å². The van der Waals surface area contributed by atoms with Gasteiger partial charge in [-0.05, 0) is 23.8 Å². The summed E-state index contributed by atoms with van der Waals surface area (Å²) in [4.78, 5) is 14.5. The molecule has 0 radical (unpaired) electrons. The minimum Gasteiger partial charge on any atom is -0.494 e. The molecule has 3 rings (SSSR count). The van der Waals surface area contributed by atoms with E-state index >= 15 is 0 Å². The van der Waals surface area contributed by atoms with Gasteiger partial charge in [-0.15, -0.1) is 0 Å². The van der Waals surface area contributed by atoms with Gasteiger partial charge < -0.3 is 9.47 Å². The summed E-state index contributed by atoms with van der Waals surface area (Å²) in [6.07, 6.45) is 0.828. The maximum absolute atomic E-state index is 14.4. The summed E-state index contributed by atoms with van der Waals surface area (Å²) in [6, 6.07) is 5.18. The van der Waals surface area contributed by atoms with Crippen LogP contribution in [0.5, 0.6) is 5.75 Å². The molecule has 1 aliphatic heterocycles. The number of hydrogen-bond donors (Lipinski definition) is 0. The predicted octanol–water partition coefficient (Wildman–Crippen LogP) is 2.86. The zero-order valence-corrected chi connectivity index (χ0v) is 14.2. The number of ether oxygens (including phenoxy) is 2. The molecule has 1 aliphatic carbocycles. The smallest absolute Gasteiger partial charge is 0.313 e. The fourth-order valence-electron chi connectivity index (χ4n) is 4.67. The van der Waals surface area contributed by atoms with E-state index in [0.717, 1.165) is 13.0 Å². The molecule has 126 valence electrons.